The van der Waals surface area contributed by atoms with Crippen molar-refractivity contribution in [3.63, 3.8) is 0 Å². The summed E-state index contributed by atoms with van der Waals surface area (Å²) in [6, 6.07) is 0.0941. The Kier molecular flexibility index (Phi) is 3.09. The van der Waals surface area contributed by atoms with E-state index in [4.69, 9.17) is 0 Å². The van der Waals surface area contributed by atoms with Crippen LogP contribution in [-0.2, 0) is 0 Å². The summed E-state index contributed by atoms with van der Waals surface area (Å²) in [6.07, 6.45) is 3.55. The second kappa shape index (κ2) is 4.76. The lowest BCUT2D eigenvalue weighted by Crippen LogP contribution is -2.43. The Morgan fingerprint density at radius 3 is 2.79 bits per heavy atom. The van der Waals surface area contributed by atoms with E-state index in [9.17, 15) is 4.79 Å². The van der Waals surface area contributed by atoms with Crippen LogP contribution in [-0.4, -0.2) is 62.8 Å². The molecule has 8 heteroatoms. The fourth-order valence-electron chi connectivity index (χ4n) is 2.34. The summed E-state index contributed by atoms with van der Waals surface area (Å²) < 4.78 is 1.72. The number of rotatable bonds is 1. The highest BCUT2D eigenvalue weighted by molar-refractivity contribution is 7.16. The Balaban J connectivity index is 1.67. The number of carbonyl (C=O) groups excluding carboxylic acids is 1. The van der Waals surface area contributed by atoms with Crippen LogP contribution >= 0.6 is 11.3 Å². The molecule has 0 unspecified atom stereocenters. The zero-order valence-corrected chi connectivity index (χ0v) is 11.8. The third-order valence-corrected chi connectivity index (χ3v) is 4.48. The molecule has 0 aliphatic carbocycles. The quantitative estimate of drug-likeness (QED) is 0.783. The molecule has 3 rings (SSSR count). The van der Waals surface area contributed by atoms with E-state index in [1.807, 2.05) is 4.90 Å². The molecule has 0 radical (unpaired) electrons. The summed E-state index contributed by atoms with van der Waals surface area (Å²) in [5.41, 5.74) is 0. The van der Waals surface area contributed by atoms with E-state index in [0.29, 0.717) is 5.92 Å². The van der Waals surface area contributed by atoms with Crippen LogP contribution in [0.15, 0.2) is 6.33 Å². The highest BCUT2D eigenvalue weighted by atomic mass is 32.1. The van der Waals surface area contributed by atoms with Gasteiger partial charge in [-0.25, -0.2) is 4.79 Å². The summed E-state index contributed by atoms with van der Waals surface area (Å²) in [7, 11) is 3.58. The minimum atomic E-state index is 0.0941. The number of fused-ring (bicyclic) bond motifs is 1. The van der Waals surface area contributed by atoms with E-state index in [0.717, 1.165) is 35.9 Å². The largest absolute Gasteiger partial charge is 0.331 e. The van der Waals surface area contributed by atoms with E-state index < -0.39 is 0 Å². The molecule has 102 valence electrons. The van der Waals surface area contributed by atoms with Crippen LogP contribution in [0, 0.1) is 0 Å². The van der Waals surface area contributed by atoms with Gasteiger partial charge in [0.15, 0.2) is 0 Å². The number of piperidine rings is 1. The van der Waals surface area contributed by atoms with Gasteiger partial charge in [-0.05, 0) is 12.8 Å². The highest BCUT2D eigenvalue weighted by Crippen LogP contribution is 2.30. The molecule has 0 N–H and O–H groups in total. The maximum Gasteiger partial charge on any atom is 0.319 e. The van der Waals surface area contributed by atoms with Crippen LogP contribution in [0.1, 0.15) is 23.8 Å². The van der Waals surface area contributed by atoms with Gasteiger partial charge in [-0.15, -0.1) is 10.2 Å². The van der Waals surface area contributed by atoms with E-state index >= 15 is 0 Å². The van der Waals surface area contributed by atoms with Crippen molar-refractivity contribution in [2.45, 2.75) is 18.8 Å². The standard InChI is InChI=1S/C11H16N6OS/c1-15(2)11(18)16-5-3-8(4-6-16)9-14-17-7-12-13-10(17)19-9/h7-8H,3-6H2,1-2H3. The van der Waals surface area contributed by atoms with Gasteiger partial charge in [0.25, 0.3) is 0 Å². The van der Waals surface area contributed by atoms with Crippen molar-refractivity contribution < 1.29 is 4.79 Å². The first-order valence-corrected chi connectivity index (χ1v) is 7.10. The molecule has 0 saturated carbocycles. The molecule has 19 heavy (non-hydrogen) atoms. The normalized spacial score (nSPS) is 17.1. The van der Waals surface area contributed by atoms with Crippen LogP contribution < -0.4 is 0 Å². The Bertz CT molecular complexity index is 554. The predicted molar refractivity (Wildman–Crippen MR) is 71.3 cm³/mol. The van der Waals surface area contributed by atoms with Crippen LogP contribution in [0.25, 0.3) is 4.96 Å². The van der Waals surface area contributed by atoms with E-state index in [-0.39, 0.29) is 6.03 Å². The number of carbonyl (C=O) groups is 1. The van der Waals surface area contributed by atoms with Gasteiger partial charge in [-0.1, -0.05) is 11.3 Å². The minimum absolute atomic E-state index is 0.0941. The second-order valence-corrected chi connectivity index (χ2v) is 5.92. The maximum atomic E-state index is 11.9. The first-order chi connectivity index (χ1) is 9.15. The molecule has 1 saturated heterocycles. The zero-order chi connectivity index (χ0) is 13.4. The average molecular weight is 280 g/mol. The topological polar surface area (TPSA) is 66.6 Å². The Labute approximate surface area is 114 Å². The van der Waals surface area contributed by atoms with E-state index in [1.54, 1.807) is 41.2 Å². The first-order valence-electron chi connectivity index (χ1n) is 6.28. The monoisotopic (exact) mass is 280 g/mol. The molecule has 2 amide bonds. The predicted octanol–water partition coefficient (Wildman–Crippen LogP) is 1.05. The van der Waals surface area contributed by atoms with Crippen LogP contribution in [0.2, 0.25) is 0 Å². The summed E-state index contributed by atoms with van der Waals surface area (Å²) in [6.45, 7) is 1.59. The number of urea groups is 1. The molecule has 0 atom stereocenters. The molecule has 2 aromatic rings. The number of aromatic nitrogens is 4. The third-order valence-electron chi connectivity index (χ3n) is 3.40. The molecule has 1 aliphatic rings. The number of amides is 2. The Hall–Kier alpha value is -1.70. The van der Waals surface area contributed by atoms with Crippen LogP contribution in [0.5, 0.6) is 0 Å². The van der Waals surface area contributed by atoms with Crippen molar-refractivity contribution in [1.82, 2.24) is 29.6 Å². The Morgan fingerprint density at radius 2 is 2.16 bits per heavy atom. The van der Waals surface area contributed by atoms with Gasteiger partial charge in [-0.3, -0.25) is 0 Å². The molecule has 0 bridgehead atoms. The van der Waals surface area contributed by atoms with Gasteiger partial charge in [-0.2, -0.15) is 9.61 Å². The molecule has 1 fully saturated rings. The first kappa shape index (κ1) is 12.3. The maximum absolute atomic E-state index is 11.9. The van der Waals surface area contributed by atoms with Crippen LogP contribution in [0.3, 0.4) is 0 Å². The Morgan fingerprint density at radius 1 is 1.42 bits per heavy atom. The lowest BCUT2D eigenvalue weighted by molar-refractivity contribution is 0.156. The number of nitrogens with zero attached hydrogens (tertiary/aromatic N) is 6. The van der Waals surface area contributed by atoms with Crippen molar-refractivity contribution in [3.05, 3.63) is 11.3 Å². The lowest BCUT2D eigenvalue weighted by atomic mass is 9.98. The van der Waals surface area contributed by atoms with Gasteiger partial charge in [0.05, 0.1) is 0 Å². The van der Waals surface area contributed by atoms with Crippen molar-refractivity contribution in [2.75, 3.05) is 27.2 Å². The molecule has 0 spiro atoms. The van der Waals surface area contributed by atoms with Crippen molar-refractivity contribution in [1.29, 1.82) is 0 Å². The SMILES string of the molecule is CN(C)C(=O)N1CCC(c2nn3cnnc3s2)CC1. The summed E-state index contributed by atoms with van der Waals surface area (Å²) in [5.74, 6) is 0.429. The molecule has 3 heterocycles. The number of likely N-dealkylation sites (tertiary alicyclic amines) is 1. The summed E-state index contributed by atoms with van der Waals surface area (Å²) in [5, 5.41) is 13.4. The molecule has 2 aromatic heterocycles. The fourth-order valence-corrected chi connectivity index (χ4v) is 3.33. The highest BCUT2D eigenvalue weighted by Gasteiger charge is 2.26. The van der Waals surface area contributed by atoms with Gasteiger partial charge in [0, 0.05) is 33.1 Å². The second-order valence-electron chi connectivity index (χ2n) is 4.94. The van der Waals surface area contributed by atoms with Crippen LogP contribution in [0.4, 0.5) is 4.79 Å². The molecule has 1 aliphatic heterocycles. The van der Waals surface area contributed by atoms with Gasteiger partial charge in [0.2, 0.25) is 4.96 Å². The number of hydrogen-bond acceptors (Lipinski definition) is 5. The smallest absolute Gasteiger partial charge is 0.319 e. The third kappa shape index (κ3) is 2.27. The van der Waals surface area contributed by atoms with Crippen molar-refractivity contribution in [3.8, 4) is 0 Å². The van der Waals surface area contributed by atoms with Crippen molar-refractivity contribution in [2.24, 2.45) is 0 Å². The molecular weight excluding hydrogens is 264 g/mol. The lowest BCUT2D eigenvalue weighted by Gasteiger charge is -2.32. The van der Waals surface area contributed by atoms with Gasteiger partial charge < -0.3 is 9.80 Å². The molecule has 0 aromatic carbocycles. The van der Waals surface area contributed by atoms with Gasteiger partial charge >= 0.3 is 6.03 Å². The number of hydrogen-bond donors (Lipinski definition) is 0. The average Bonchev–Trinajstić information content (AvgIpc) is 2.98. The fraction of sp³-hybridized carbons (Fsp3) is 0.636. The molecular formula is C11H16N6OS. The van der Waals surface area contributed by atoms with Crippen molar-refractivity contribution >= 4 is 22.3 Å². The van der Waals surface area contributed by atoms with Gasteiger partial charge in [0.1, 0.15) is 11.3 Å². The van der Waals surface area contributed by atoms with E-state index in [1.165, 1.54) is 0 Å². The summed E-state index contributed by atoms with van der Waals surface area (Å²) in [4.78, 5) is 16.2. The zero-order valence-electron chi connectivity index (χ0n) is 11.0. The van der Waals surface area contributed by atoms with E-state index in [2.05, 4.69) is 15.3 Å². The minimum Gasteiger partial charge on any atom is -0.331 e. The molecule has 7 nitrogen and oxygen atoms in total. The summed E-state index contributed by atoms with van der Waals surface area (Å²) >= 11 is 1.59.